The highest BCUT2D eigenvalue weighted by molar-refractivity contribution is 5.89. The molecule has 0 spiro atoms. The Balaban J connectivity index is 1.84. The van der Waals surface area contributed by atoms with Gasteiger partial charge in [0.15, 0.2) is 0 Å². The third-order valence-corrected chi connectivity index (χ3v) is 2.37. The van der Waals surface area contributed by atoms with Crippen LogP contribution in [-0.2, 0) is 6.54 Å². The summed E-state index contributed by atoms with van der Waals surface area (Å²) in [6.45, 7) is 0.462. The second kappa shape index (κ2) is 5.67. The summed E-state index contributed by atoms with van der Waals surface area (Å²) in [6.07, 6.45) is 3.38. The minimum absolute atomic E-state index is 0.253. The normalized spacial score (nSPS) is 9.78. The quantitative estimate of drug-likeness (QED) is 0.720. The number of urea groups is 1. The average Bonchev–Trinajstić information content (AvgIpc) is 2.40. The molecule has 2 amide bonds. The van der Waals surface area contributed by atoms with E-state index < -0.39 is 0 Å². The summed E-state index contributed by atoms with van der Waals surface area (Å²) >= 11 is 0. The second-order valence-electron chi connectivity index (χ2n) is 3.79. The summed E-state index contributed by atoms with van der Waals surface area (Å²) in [4.78, 5) is 15.5. The summed E-state index contributed by atoms with van der Waals surface area (Å²) in [5.41, 5.74) is 7.93. The van der Waals surface area contributed by atoms with Crippen LogP contribution >= 0.6 is 0 Å². The van der Waals surface area contributed by atoms with Gasteiger partial charge in [-0.05, 0) is 42.0 Å². The number of nitrogen functional groups attached to an aromatic ring is 1. The predicted octanol–water partition coefficient (Wildman–Crippen LogP) is 1.99. The predicted molar refractivity (Wildman–Crippen MR) is 70.9 cm³/mol. The minimum atomic E-state index is -0.253. The molecule has 0 atom stereocenters. The van der Waals surface area contributed by atoms with Crippen molar-refractivity contribution in [2.75, 3.05) is 11.1 Å². The monoisotopic (exact) mass is 242 g/mol. The minimum Gasteiger partial charge on any atom is -0.399 e. The van der Waals surface area contributed by atoms with Gasteiger partial charge in [-0.15, -0.1) is 0 Å². The van der Waals surface area contributed by atoms with Gasteiger partial charge in [-0.3, -0.25) is 4.98 Å². The van der Waals surface area contributed by atoms with Crippen LogP contribution in [0.4, 0.5) is 16.2 Å². The van der Waals surface area contributed by atoms with Crippen LogP contribution in [0.5, 0.6) is 0 Å². The molecule has 5 heteroatoms. The van der Waals surface area contributed by atoms with Crippen molar-refractivity contribution in [1.29, 1.82) is 0 Å². The van der Waals surface area contributed by atoms with Gasteiger partial charge in [-0.25, -0.2) is 4.79 Å². The van der Waals surface area contributed by atoms with Gasteiger partial charge in [-0.1, -0.05) is 0 Å². The first-order chi connectivity index (χ1) is 8.74. The van der Waals surface area contributed by atoms with Crippen LogP contribution in [0.25, 0.3) is 0 Å². The highest BCUT2D eigenvalue weighted by Crippen LogP contribution is 2.10. The lowest BCUT2D eigenvalue weighted by Gasteiger charge is -2.07. The number of carbonyl (C=O) groups excluding carboxylic acids is 1. The lowest BCUT2D eigenvalue weighted by Crippen LogP contribution is -2.28. The maximum atomic E-state index is 11.6. The van der Waals surface area contributed by atoms with Gasteiger partial charge in [0.05, 0.1) is 0 Å². The summed E-state index contributed by atoms with van der Waals surface area (Å²) < 4.78 is 0. The molecule has 0 aliphatic rings. The number of nitrogens with two attached hydrogens (primary N) is 1. The van der Waals surface area contributed by atoms with Gasteiger partial charge in [0.25, 0.3) is 0 Å². The average molecular weight is 242 g/mol. The Morgan fingerprint density at radius 2 is 1.78 bits per heavy atom. The van der Waals surface area contributed by atoms with Crippen molar-refractivity contribution in [3.05, 3.63) is 54.4 Å². The van der Waals surface area contributed by atoms with Gasteiger partial charge in [0, 0.05) is 30.3 Å². The number of aromatic nitrogens is 1. The molecule has 0 unspecified atom stereocenters. The summed E-state index contributed by atoms with van der Waals surface area (Å²) in [5, 5.41) is 5.47. The zero-order valence-electron chi connectivity index (χ0n) is 9.76. The molecule has 2 aromatic rings. The van der Waals surface area contributed by atoms with Crippen molar-refractivity contribution in [1.82, 2.24) is 10.3 Å². The number of carbonyl (C=O) groups is 1. The molecule has 4 N–H and O–H groups in total. The van der Waals surface area contributed by atoms with E-state index in [9.17, 15) is 4.79 Å². The first-order valence-corrected chi connectivity index (χ1v) is 5.53. The van der Waals surface area contributed by atoms with E-state index in [2.05, 4.69) is 15.6 Å². The molecule has 1 aromatic heterocycles. The third kappa shape index (κ3) is 3.48. The van der Waals surface area contributed by atoms with Crippen molar-refractivity contribution in [3.63, 3.8) is 0 Å². The lowest BCUT2D eigenvalue weighted by molar-refractivity contribution is 0.251. The molecule has 5 nitrogen and oxygen atoms in total. The smallest absolute Gasteiger partial charge is 0.319 e. The Hall–Kier alpha value is -2.56. The van der Waals surface area contributed by atoms with Crippen LogP contribution < -0.4 is 16.4 Å². The van der Waals surface area contributed by atoms with Crippen molar-refractivity contribution >= 4 is 17.4 Å². The Bertz CT molecular complexity index is 510. The molecule has 2 rings (SSSR count). The van der Waals surface area contributed by atoms with Crippen molar-refractivity contribution in [2.24, 2.45) is 0 Å². The van der Waals surface area contributed by atoms with E-state index in [1.54, 1.807) is 36.7 Å². The fraction of sp³-hybridized carbons (Fsp3) is 0.0769. The Morgan fingerprint density at radius 1 is 1.11 bits per heavy atom. The van der Waals surface area contributed by atoms with Crippen LogP contribution in [0.3, 0.4) is 0 Å². The fourth-order valence-corrected chi connectivity index (χ4v) is 1.42. The van der Waals surface area contributed by atoms with Crippen LogP contribution in [0.1, 0.15) is 5.56 Å². The number of rotatable bonds is 3. The number of hydrogen-bond acceptors (Lipinski definition) is 3. The van der Waals surface area contributed by atoms with E-state index in [-0.39, 0.29) is 6.03 Å². The molecule has 0 aliphatic carbocycles. The maximum Gasteiger partial charge on any atom is 0.319 e. The molecule has 0 radical (unpaired) electrons. The van der Waals surface area contributed by atoms with Crippen molar-refractivity contribution in [2.45, 2.75) is 6.54 Å². The number of benzene rings is 1. The first-order valence-electron chi connectivity index (χ1n) is 5.53. The second-order valence-corrected chi connectivity index (χ2v) is 3.79. The lowest BCUT2D eigenvalue weighted by atomic mass is 10.3. The molecule has 0 saturated carbocycles. The fourth-order valence-electron chi connectivity index (χ4n) is 1.42. The van der Waals surface area contributed by atoms with Crippen molar-refractivity contribution < 1.29 is 4.79 Å². The largest absolute Gasteiger partial charge is 0.399 e. The van der Waals surface area contributed by atoms with Gasteiger partial charge >= 0.3 is 6.03 Å². The highest BCUT2D eigenvalue weighted by atomic mass is 16.2. The number of amides is 2. The topological polar surface area (TPSA) is 80.0 Å². The van der Waals surface area contributed by atoms with Crippen molar-refractivity contribution in [3.8, 4) is 0 Å². The van der Waals surface area contributed by atoms with Gasteiger partial charge in [-0.2, -0.15) is 0 Å². The zero-order chi connectivity index (χ0) is 12.8. The molecule has 1 aromatic carbocycles. The Kier molecular flexibility index (Phi) is 3.76. The summed E-state index contributed by atoms with van der Waals surface area (Å²) in [7, 11) is 0. The van der Waals surface area contributed by atoms with E-state index in [1.807, 2.05) is 12.1 Å². The molecular weight excluding hydrogens is 228 g/mol. The number of nitrogens with one attached hydrogen (secondary N) is 2. The van der Waals surface area contributed by atoms with Gasteiger partial charge in [0.1, 0.15) is 0 Å². The standard InChI is InChI=1S/C13H14N4O/c14-11-1-3-12(4-2-11)17-13(18)16-9-10-5-7-15-8-6-10/h1-8H,9,14H2,(H2,16,17,18). The summed E-state index contributed by atoms with van der Waals surface area (Å²) in [5.74, 6) is 0. The van der Waals surface area contributed by atoms with Gasteiger partial charge < -0.3 is 16.4 Å². The molecule has 0 saturated heterocycles. The van der Waals surface area contributed by atoms with E-state index >= 15 is 0 Å². The molecule has 0 bridgehead atoms. The third-order valence-electron chi connectivity index (χ3n) is 2.37. The van der Waals surface area contributed by atoms with Crippen LogP contribution in [0.2, 0.25) is 0 Å². The van der Waals surface area contributed by atoms with Crippen LogP contribution in [0, 0.1) is 0 Å². The number of pyridine rings is 1. The number of hydrogen-bond donors (Lipinski definition) is 3. The Morgan fingerprint density at radius 3 is 2.44 bits per heavy atom. The number of anilines is 2. The SMILES string of the molecule is Nc1ccc(NC(=O)NCc2ccncc2)cc1. The summed E-state index contributed by atoms with van der Waals surface area (Å²) in [6, 6.07) is 10.4. The van der Waals surface area contributed by atoms with E-state index in [0.717, 1.165) is 5.56 Å². The molecule has 18 heavy (non-hydrogen) atoms. The number of nitrogens with zero attached hydrogens (tertiary/aromatic N) is 1. The van der Waals surface area contributed by atoms with E-state index in [4.69, 9.17) is 5.73 Å². The molecule has 92 valence electrons. The highest BCUT2D eigenvalue weighted by Gasteiger charge is 2.01. The maximum absolute atomic E-state index is 11.6. The Labute approximate surface area is 105 Å². The molecule has 1 heterocycles. The molecule has 0 fully saturated rings. The van der Waals surface area contributed by atoms with Gasteiger partial charge in [0.2, 0.25) is 0 Å². The van der Waals surface area contributed by atoms with Crippen LogP contribution in [-0.4, -0.2) is 11.0 Å². The molecular formula is C13H14N4O. The van der Waals surface area contributed by atoms with E-state index in [1.165, 1.54) is 0 Å². The zero-order valence-corrected chi connectivity index (χ0v) is 9.76. The molecule has 0 aliphatic heterocycles. The van der Waals surface area contributed by atoms with E-state index in [0.29, 0.717) is 17.9 Å². The van der Waals surface area contributed by atoms with Crippen LogP contribution in [0.15, 0.2) is 48.8 Å². The first kappa shape index (κ1) is 11.9.